The van der Waals surface area contributed by atoms with Gasteiger partial charge in [0, 0.05) is 15.4 Å². The van der Waals surface area contributed by atoms with Crippen LogP contribution in [0.1, 0.15) is 11.3 Å². The molecule has 11 heteroatoms. The molecule has 3 aromatic carbocycles. The summed E-state index contributed by atoms with van der Waals surface area (Å²) in [6, 6.07) is 19.8. The average Bonchev–Trinajstić information content (AvgIpc) is 2.87. The van der Waals surface area contributed by atoms with Crippen LogP contribution in [0, 0.1) is 18.3 Å². The molecule has 0 aliphatic rings. The van der Waals surface area contributed by atoms with Crippen LogP contribution in [0.4, 0.5) is 0 Å². The summed E-state index contributed by atoms with van der Waals surface area (Å²) in [5, 5.41) is 13.9. The molecule has 2 heterocycles. The minimum Gasteiger partial charge on any atom is -0.454 e. The van der Waals surface area contributed by atoms with Gasteiger partial charge in [-0.3, -0.25) is 9.78 Å². The molecule has 0 radical (unpaired) electrons. The third-order valence-electron chi connectivity index (χ3n) is 5.51. The molecule has 8 nitrogen and oxygen atoms in total. The average molecular weight is 595 g/mol. The molecular formula is C26H14BrCl2N5O3. The largest absolute Gasteiger partial charge is 0.454 e. The van der Waals surface area contributed by atoms with E-state index in [0.717, 1.165) is 36.9 Å². The number of nitrogens with zero attached hydrogens (tertiary/aromatic N) is 4. The highest BCUT2D eigenvalue weighted by atomic mass is 79.9. The maximum atomic E-state index is 12.2. The lowest BCUT2D eigenvalue weighted by atomic mass is 10.0. The van der Waals surface area contributed by atoms with Gasteiger partial charge in [-0.05, 0) is 61.0 Å². The molecule has 0 amide bonds. The van der Waals surface area contributed by atoms with E-state index in [0.29, 0.717) is 5.75 Å². The molecule has 182 valence electrons. The number of hydrogen-bond donors (Lipinski definition) is 1. The van der Waals surface area contributed by atoms with Gasteiger partial charge >= 0.3 is 5.69 Å². The number of fused-ring (bicyclic) bond motifs is 1. The highest BCUT2D eigenvalue weighted by Gasteiger charge is 2.16. The molecule has 37 heavy (non-hydrogen) atoms. The minimum absolute atomic E-state index is 0.0986. The molecule has 0 bridgehead atoms. The number of aryl methyl sites for hydroxylation is 1. The predicted octanol–water partition coefficient (Wildman–Crippen LogP) is 6.18. The van der Waals surface area contributed by atoms with Gasteiger partial charge in [-0.1, -0.05) is 51.3 Å². The second-order valence-corrected chi connectivity index (χ2v) is 9.71. The van der Waals surface area contributed by atoms with Crippen molar-refractivity contribution in [1.29, 1.82) is 5.26 Å². The van der Waals surface area contributed by atoms with E-state index >= 15 is 0 Å². The summed E-state index contributed by atoms with van der Waals surface area (Å²) in [6.07, 6.45) is 0. The lowest BCUT2D eigenvalue weighted by Crippen LogP contribution is -2.33. The highest BCUT2D eigenvalue weighted by Crippen LogP contribution is 2.39. The van der Waals surface area contributed by atoms with Crippen molar-refractivity contribution in [3.63, 3.8) is 0 Å². The van der Waals surface area contributed by atoms with Crippen molar-refractivity contribution in [2.24, 2.45) is 0 Å². The fourth-order valence-electron chi connectivity index (χ4n) is 3.74. The Balaban J connectivity index is 1.49. The molecule has 0 saturated heterocycles. The second kappa shape index (κ2) is 9.82. The number of benzene rings is 3. The van der Waals surface area contributed by atoms with E-state index in [9.17, 15) is 9.59 Å². The fourth-order valence-corrected chi connectivity index (χ4v) is 4.55. The first-order valence-electron chi connectivity index (χ1n) is 10.7. The lowest BCUT2D eigenvalue weighted by Gasteiger charge is -2.13. The van der Waals surface area contributed by atoms with Gasteiger partial charge < -0.3 is 4.74 Å². The van der Waals surface area contributed by atoms with Crippen LogP contribution in [-0.2, 0) is 0 Å². The summed E-state index contributed by atoms with van der Waals surface area (Å²) in [6.45, 7) is 2.00. The van der Waals surface area contributed by atoms with Crippen molar-refractivity contribution in [3.05, 3.63) is 107 Å². The number of pyridine rings is 1. The molecular weight excluding hydrogens is 581 g/mol. The lowest BCUT2D eigenvalue weighted by molar-refractivity contribution is 0.483. The minimum atomic E-state index is -0.883. The Hall–Kier alpha value is -3.97. The van der Waals surface area contributed by atoms with E-state index in [1.165, 1.54) is 12.1 Å². The van der Waals surface area contributed by atoms with Gasteiger partial charge in [0.1, 0.15) is 11.8 Å². The zero-order valence-electron chi connectivity index (χ0n) is 18.9. The molecule has 2 aromatic heterocycles. The molecule has 0 aliphatic heterocycles. The van der Waals surface area contributed by atoms with Crippen molar-refractivity contribution in [3.8, 4) is 34.5 Å². The molecule has 0 fully saturated rings. The van der Waals surface area contributed by atoms with Crippen LogP contribution < -0.4 is 16.0 Å². The Morgan fingerprint density at radius 3 is 2.41 bits per heavy atom. The molecule has 0 saturated carbocycles. The summed E-state index contributed by atoms with van der Waals surface area (Å²) in [5.74, 6) is 0.651. The molecule has 0 unspecified atom stereocenters. The van der Waals surface area contributed by atoms with Crippen LogP contribution in [0.15, 0.2) is 74.7 Å². The monoisotopic (exact) mass is 593 g/mol. The van der Waals surface area contributed by atoms with Crippen LogP contribution in [0.2, 0.25) is 10.0 Å². The Morgan fingerprint density at radius 2 is 1.73 bits per heavy atom. The third-order valence-corrected chi connectivity index (χ3v) is 6.60. The molecule has 0 atom stereocenters. The number of hydrogen-bond acceptors (Lipinski definition) is 6. The number of aromatic nitrogens is 4. The SMILES string of the molecule is Cc1cc(-c2ccc(Br)cc2)nc2ccc(Oc3c(Cl)cc(-n4nc(C#N)c(=O)[nH]c4=O)cc3Cl)cc12. The Morgan fingerprint density at radius 1 is 1.03 bits per heavy atom. The summed E-state index contributed by atoms with van der Waals surface area (Å²) < 4.78 is 7.83. The summed E-state index contributed by atoms with van der Waals surface area (Å²) in [5.41, 5.74) is 1.63. The predicted molar refractivity (Wildman–Crippen MR) is 145 cm³/mol. The van der Waals surface area contributed by atoms with Gasteiger partial charge in [-0.15, -0.1) is 5.10 Å². The van der Waals surface area contributed by atoms with Crippen molar-refractivity contribution < 1.29 is 4.74 Å². The zero-order chi connectivity index (χ0) is 26.3. The number of H-pyrrole nitrogens is 1. The van der Waals surface area contributed by atoms with Crippen LogP contribution in [0.25, 0.3) is 27.8 Å². The van der Waals surface area contributed by atoms with Crippen LogP contribution >= 0.6 is 39.1 Å². The zero-order valence-corrected chi connectivity index (χ0v) is 22.0. The number of halogens is 3. The van der Waals surface area contributed by atoms with Gasteiger partial charge in [-0.25, -0.2) is 9.78 Å². The smallest absolute Gasteiger partial charge is 0.349 e. The van der Waals surface area contributed by atoms with Crippen molar-refractivity contribution in [2.45, 2.75) is 6.92 Å². The van der Waals surface area contributed by atoms with Crippen molar-refractivity contribution in [2.75, 3.05) is 0 Å². The van der Waals surface area contributed by atoms with Crippen LogP contribution in [0.5, 0.6) is 11.5 Å². The van der Waals surface area contributed by atoms with E-state index in [-0.39, 0.29) is 21.5 Å². The molecule has 0 spiro atoms. The van der Waals surface area contributed by atoms with Crippen molar-refractivity contribution in [1.82, 2.24) is 19.7 Å². The molecule has 5 aromatic rings. The van der Waals surface area contributed by atoms with E-state index < -0.39 is 16.9 Å². The van der Waals surface area contributed by atoms with Gasteiger partial charge in [0.05, 0.1) is 26.9 Å². The van der Waals surface area contributed by atoms with Gasteiger partial charge in [-0.2, -0.15) is 9.94 Å². The first-order valence-corrected chi connectivity index (χ1v) is 12.3. The first-order chi connectivity index (χ1) is 17.7. The molecule has 5 rings (SSSR count). The Bertz CT molecular complexity index is 1840. The summed E-state index contributed by atoms with van der Waals surface area (Å²) in [7, 11) is 0. The van der Waals surface area contributed by atoms with E-state index in [2.05, 4.69) is 21.0 Å². The fraction of sp³-hybridized carbons (Fsp3) is 0.0385. The normalized spacial score (nSPS) is 10.9. The number of rotatable bonds is 4. The van der Waals surface area contributed by atoms with Gasteiger partial charge in [0.15, 0.2) is 5.75 Å². The van der Waals surface area contributed by atoms with E-state index in [4.69, 9.17) is 38.2 Å². The first kappa shape index (κ1) is 24.7. The number of nitriles is 1. The topological polar surface area (TPSA) is 114 Å². The number of ether oxygens (including phenoxy) is 1. The quantitative estimate of drug-likeness (QED) is 0.266. The molecule has 0 aliphatic carbocycles. The summed E-state index contributed by atoms with van der Waals surface area (Å²) >= 11 is 16.3. The molecule has 1 N–H and O–H groups in total. The maximum absolute atomic E-state index is 12.2. The third kappa shape index (κ3) is 4.87. The Labute approximate surface area is 227 Å². The number of aromatic amines is 1. The highest BCUT2D eigenvalue weighted by molar-refractivity contribution is 9.10. The van der Waals surface area contributed by atoms with Crippen LogP contribution in [-0.4, -0.2) is 19.7 Å². The van der Waals surface area contributed by atoms with E-state index in [1.807, 2.05) is 54.4 Å². The van der Waals surface area contributed by atoms with E-state index in [1.54, 1.807) is 12.1 Å². The second-order valence-electron chi connectivity index (χ2n) is 7.98. The van der Waals surface area contributed by atoms with Gasteiger partial charge in [0.25, 0.3) is 5.56 Å². The van der Waals surface area contributed by atoms with Gasteiger partial charge in [0.2, 0.25) is 5.69 Å². The van der Waals surface area contributed by atoms with Crippen LogP contribution in [0.3, 0.4) is 0 Å². The Kier molecular flexibility index (Phi) is 6.56. The standard InChI is InChI=1S/C26H14BrCl2N5O3/c1-13-8-22(14-2-4-15(27)5-3-14)31-21-7-6-17(11-18(13)21)37-24-19(28)9-16(10-20(24)29)34-26(36)32-25(35)23(12-30)33-34/h2-11H,1H3,(H,32,35,36). The number of nitrogens with one attached hydrogen (secondary N) is 1. The van der Waals surface area contributed by atoms with Crippen molar-refractivity contribution >= 4 is 50.0 Å². The summed E-state index contributed by atoms with van der Waals surface area (Å²) in [4.78, 5) is 30.6. The maximum Gasteiger partial charge on any atom is 0.349 e.